The molecular formula is C18H24N4O. The largest absolute Gasteiger partial charge is 0.349 e. The number of carbonyl (C=O) groups excluding carboxylic acids is 1. The number of rotatable bonds is 4. The second-order valence-corrected chi connectivity index (χ2v) is 6.13. The zero-order chi connectivity index (χ0) is 16.2. The fourth-order valence-corrected chi connectivity index (χ4v) is 2.99. The quantitative estimate of drug-likeness (QED) is 0.943. The monoisotopic (exact) mass is 312 g/mol. The maximum absolute atomic E-state index is 12.4. The molecule has 0 unspecified atom stereocenters. The van der Waals surface area contributed by atoms with E-state index in [1.165, 1.54) is 0 Å². The molecule has 5 heteroatoms. The van der Waals surface area contributed by atoms with Crippen molar-refractivity contribution in [1.82, 2.24) is 20.0 Å². The molecule has 2 heterocycles. The minimum absolute atomic E-state index is 0.0168. The van der Waals surface area contributed by atoms with Crippen molar-refractivity contribution in [3.63, 3.8) is 0 Å². The fourth-order valence-electron chi connectivity index (χ4n) is 2.99. The number of nitrogens with one attached hydrogen (secondary N) is 1. The van der Waals surface area contributed by atoms with Gasteiger partial charge in [-0.2, -0.15) is 5.10 Å². The third kappa shape index (κ3) is 3.79. The van der Waals surface area contributed by atoms with Gasteiger partial charge in [0.05, 0.1) is 11.4 Å². The van der Waals surface area contributed by atoms with Crippen LogP contribution in [0, 0.1) is 6.92 Å². The van der Waals surface area contributed by atoms with E-state index in [4.69, 9.17) is 0 Å². The average molecular weight is 312 g/mol. The Morgan fingerprint density at radius 1 is 1.22 bits per heavy atom. The van der Waals surface area contributed by atoms with Crippen LogP contribution in [0.1, 0.15) is 35.8 Å². The molecule has 2 aromatic rings. The Bertz CT molecular complexity index is 654. The summed E-state index contributed by atoms with van der Waals surface area (Å²) in [6.07, 6.45) is 3.99. The van der Waals surface area contributed by atoms with Gasteiger partial charge in [0.25, 0.3) is 5.91 Å². The highest BCUT2D eigenvalue weighted by atomic mass is 16.1. The van der Waals surface area contributed by atoms with Crippen molar-refractivity contribution in [3.05, 3.63) is 47.8 Å². The zero-order valence-electron chi connectivity index (χ0n) is 13.8. The van der Waals surface area contributed by atoms with E-state index in [-0.39, 0.29) is 5.91 Å². The second-order valence-electron chi connectivity index (χ2n) is 6.13. The van der Waals surface area contributed by atoms with Crippen LogP contribution in [0.15, 0.2) is 36.5 Å². The molecule has 3 rings (SSSR count). The van der Waals surface area contributed by atoms with Crippen molar-refractivity contribution in [2.45, 2.75) is 32.7 Å². The Morgan fingerprint density at radius 2 is 1.91 bits per heavy atom. The first kappa shape index (κ1) is 15.7. The van der Waals surface area contributed by atoms with Crippen LogP contribution >= 0.6 is 0 Å². The van der Waals surface area contributed by atoms with Gasteiger partial charge in [-0.05, 0) is 56.6 Å². The van der Waals surface area contributed by atoms with Gasteiger partial charge in [0.15, 0.2) is 0 Å². The summed E-state index contributed by atoms with van der Waals surface area (Å²) in [7, 11) is 0. The summed E-state index contributed by atoms with van der Waals surface area (Å²) in [6, 6.07) is 9.84. The lowest BCUT2D eigenvalue weighted by molar-refractivity contribution is 0.0912. The average Bonchev–Trinajstić information content (AvgIpc) is 3.02. The van der Waals surface area contributed by atoms with Gasteiger partial charge in [0, 0.05) is 30.9 Å². The van der Waals surface area contributed by atoms with Gasteiger partial charge in [-0.25, -0.2) is 4.68 Å². The summed E-state index contributed by atoms with van der Waals surface area (Å²) in [4.78, 5) is 14.8. The Hall–Kier alpha value is -2.14. The van der Waals surface area contributed by atoms with E-state index in [9.17, 15) is 4.79 Å². The van der Waals surface area contributed by atoms with Gasteiger partial charge >= 0.3 is 0 Å². The van der Waals surface area contributed by atoms with Crippen LogP contribution in [-0.2, 0) is 0 Å². The van der Waals surface area contributed by atoms with Crippen LogP contribution in [0.2, 0.25) is 0 Å². The van der Waals surface area contributed by atoms with Crippen molar-refractivity contribution in [3.8, 4) is 5.69 Å². The third-order valence-corrected chi connectivity index (χ3v) is 4.49. The molecule has 1 saturated heterocycles. The standard InChI is InChI=1S/C18H24N4O/c1-3-21-11-9-16(10-12-21)19-18(23)15-4-6-17(7-5-15)22-13-8-14(2)20-22/h4-8,13,16H,3,9-12H2,1-2H3,(H,19,23). The predicted octanol–water partition coefficient (Wildman–Crippen LogP) is 2.39. The molecule has 1 fully saturated rings. The SMILES string of the molecule is CCN1CCC(NC(=O)c2ccc(-n3ccc(C)n3)cc2)CC1. The number of nitrogens with zero attached hydrogens (tertiary/aromatic N) is 3. The Labute approximate surface area is 137 Å². The Morgan fingerprint density at radius 3 is 2.48 bits per heavy atom. The molecular weight excluding hydrogens is 288 g/mol. The first-order valence-corrected chi connectivity index (χ1v) is 8.31. The van der Waals surface area contributed by atoms with E-state index < -0.39 is 0 Å². The number of aromatic nitrogens is 2. The summed E-state index contributed by atoms with van der Waals surface area (Å²) >= 11 is 0. The number of likely N-dealkylation sites (tertiary alicyclic amines) is 1. The first-order chi connectivity index (χ1) is 11.2. The normalized spacial score (nSPS) is 16.4. The second kappa shape index (κ2) is 6.96. The van der Waals surface area contributed by atoms with E-state index in [2.05, 4.69) is 22.2 Å². The Kier molecular flexibility index (Phi) is 4.76. The highest BCUT2D eigenvalue weighted by molar-refractivity contribution is 5.94. The van der Waals surface area contributed by atoms with E-state index >= 15 is 0 Å². The molecule has 1 aliphatic heterocycles. The van der Waals surface area contributed by atoms with Crippen LogP contribution in [-0.4, -0.2) is 46.3 Å². The summed E-state index contributed by atoms with van der Waals surface area (Å²) in [6.45, 7) is 7.37. The van der Waals surface area contributed by atoms with Crippen molar-refractivity contribution < 1.29 is 4.79 Å². The van der Waals surface area contributed by atoms with Crippen molar-refractivity contribution in [2.24, 2.45) is 0 Å². The highest BCUT2D eigenvalue weighted by Gasteiger charge is 2.20. The lowest BCUT2D eigenvalue weighted by Gasteiger charge is -2.31. The number of hydrogen-bond acceptors (Lipinski definition) is 3. The van der Waals surface area contributed by atoms with Crippen molar-refractivity contribution in [2.75, 3.05) is 19.6 Å². The topological polar surface area (TPSA) is 50.2 Å². The minimum atomic E-state index is 0.0168. The molecule has 0 atom stereocenters. The molecule has 122 valence electrons. The molecule has 1 N–H and O–H groups in total. The molecule has 1 aliphatic rings. The van der Waals surface area contributed by atoms with Crippen LogP contribution in [0.4, 0.5) is 0 Å². The number of aryl methyl sites for hydroxylation is 1. The summed E-state index contributed by atoms with van der Waals surface area (Å²) in [5.41, 5.74) is 2.65. The number of amides is 1. The van der Waals surface area contributed by atoms with Crippen LogP contribution < -0.4 is 5.32 Å². The molecule has 1 amide bonds. The molecule has 0 radical (unpaired) electrons. The highest BCUT2D eigenvalue weighted by Crippen LogP contribution is 2.13. The van der Waals surface area contributed by atoms with Crippen molar-refractivity contribution >= 4 is 5.91 Å². The summed E-state index contributed by atoms with van der Waals surface area (Å²) in [5.74, 6) is 0.0168. The number of piperidine rings is 1. The van der Waals surface area contributed by atoms with Gasteiger partial charge in [-0.15, -0.1) is 0 Å². The van der Waals surface area contributed by atoms with E-state index in [0.29, 0.717) is 11.6 Å². The summed E-state index contributed by atoms with van der Waals surface area (Å²) < 4.78 is 1.82. The van der Waals surface area contributed by atoms with Gasteiger partial charge in [-0.1, -0.05) is 6.92 Å². The fraction of sp³-hybridized carbons (Fsp3) is 0.444. The van der Waals surface area contributed by atoms with Crippen LogP contribution in [0.5, 0.6) is 0 Å². The molecule has 0 saturated carbocycles. The van der Waals surface area contributed by atoms with Gasteiger partial charge in [0.2, 0.25) is 0 Å². The molecule has 23 heavy (non-hydrogen) atoms. The molecule has 1 aromatic carbocycles. The van der Waals surface area contributed by atoms with Crippen molar-refractivity contribution in [1.29, 1.82) is 0 Å². The zero-order valence-corrected chi connectivity index (χ0v) is 13.8. The van der Waals surface area contributed by atoms with E-state index in [1.54, 1.807) is 0 Å². The number of hydrogen-bond donors (Lipinski definition) is 1. The number of carbonyl (C=O) groups is 1. The van der Waals surface area contributed by atoms with Crippen LogP contribution in [0.3, 0.4) is 0 Å². The van der Waals surface area contributed by atoms with Gasteiger partial charge in [0.1, 0.15) is 0 Å². The first-order valence-electron chi connectivity index (χ1n) is 8.31. The molecule has 0 aliphatic carbocycles. The predicted molar refractivity (Wildman–Crippen MR) is 90.9 cm³/mol. The van der Waals surface area contributed by atoms with Gasteiger partial charge < -0.3 is 10.2 Å². The maximum Gasteiger partial charge on any atom is 0.251 e. The smallest absolute Gasteiger partial charge is 0.251 e. The van der Waals surface area contributed by atoms with E-state index in [0.717, 1.165) is 43.9 Å². The lowest BCUT2D eigenvalue weighted by atomic mass is 10.0. The molecule has 1 aromatic heterocycles. The lowest BCUT2D eigenvalue weighted by Crippen LogP contribution is -2.44. The Balaban J connectivity index is 1.60. The molecule has 5 nitrogen and oxygen atoms in total. The van der Waals surface area contributed by atoms with Gasteiger partial charge in [-0.3, -0.25) is 4.79 Å². The van der Waals surface area contributed by atoms with E-state index in [1.807, 2.05) is 48.1 Å². The maximum atomic E-state index is 12.4. The molecule has 0 spiro atoms. The molecule has 0 bridgehead atoms. The minimum Gasteiger partial charge on any atom is -0.349 e. The van der Waals surface area contributed by atoms with Crippen LogP contribution in [0.25, 0.3) is 5.69 Å². The summed E-state index contributed by atoms with van der Waals surface area (Å²) in [5, 5.41) is 7.53. The third-order valence-electron chi connectivity index (χ3n) is 4.49. The number of benzene rings is 1.